The maximum Gasteiger partial charge on any atom is 0.410 e. The Morgan fingerprint density at radius 2 is 1.70 bits per heavy atom. The van der Waals surface area contributed by atoms with Crippen LogP contribution in [0, 0.1) is 11.3 Å². The number of nitriles is 1. The van der Waals surface area contributed by atoms with E-state index < -0.39 is 11.7 Å². The Hall–Kier alpha value is -4.14. The molecule has 0 saturated carbocycles. The van der Waals surface area contributed by atoms with E-state index in [1.807, 2.05) is 31.0 Å². The molecule has 2 aliphatic rings. The average molecular weight is 591 g/mol. The Bertz CT molecular complexity index is 1370. The standard InChI is InChI=1S/C32H42N6O5/c1-22(2)37(31(41)43-32(3,4)5)12-13-38(27-16-23(17-33)15-24-11-14-42-30(24)27)29(40)19-34-18-28(39)35(6)36-20-25-9-7-8-10-26(25)21-36/h7-10,15-16,22,34H,11-14,18-21H2,1-6H3. The van der Waals surface area contributed by atoms with E-state index in [4.69, 9.17) is 9.47 Å². The first-order valence-electron chi connectivity index (χ1n) is 14.7. The molecule has 3 amide bonds. The fourth-order valence-corrected chi connectivity index (χ4v) is 5.19. The second-order valence-electron chi connectivity index (χ2n) is 12.1. The maximum atomic E-state index is 13.7. The number of nitrogens with one attached hydrogen (secondary N) is 1. The number of hydrazine groups is 1. The van der Waals surface area contributed by atoms with E-state index in [0.29, 0.717) is 43.1 Å². The smallest absolute Gasteiger partial charge is 0.410 e. The summed E-state index contributed by atoms with van der Waals surface area (Å²) in [5, 5.41) is 16.2. The van der Waals surface area contributed by atoms with Gasteiger partial charge in [0.05, 0.1) is 37.0 Å². The SMILES string of the molecule is CC(C)N(CCN(C(=O)CNCC(=O)N(C)N1Cc2ccccc2C1)c1cc(C#N)cc2c1OCC2)C(=O)OC(C)(C)C. The molecule has 0 aliphatic carbocycles. The van der Waals surface area contributed by atoms with E-state index in [1.54, 1.807) is 49.9 Å². The van der Waals surface area contributed by atoms with Crippen LogP contribution in [0.1, 0.15) is 56.9 Å². The molecule has 11 nitrogen and oxygen atoms in total. The first-order chi connectivity index (χ1) is 20.4. The second kappa shape index (κ2) is 13.4. The van der Waals surface area contributed by atoms with Gasteiger partial charge in [0.2, 0.25) is 5.91 Å². The molecule has 2 aromatic carbocycles. The lowest BCUT2D eigenvalue weighted by Crippen LogP contribution is -2.49. The van der Waals surface area contributed by atoms with Crippen molar-refractivity contribution in [2.45, 2.75) is 65.8 Å². The number of fused-ring (bicyclic) bond motifs is 2. The molecule has 2 heterocycles. The number of hydrogen-bond donors (Lipinski definition) is 1. The summed E-state index contributed by atoms with van der Waals surface area (Å²) in [7, 11) is 1.73. The van der Waals surface area contributed by atoms with E-state index in [2.05, 4.69) is 23.5 Å². The van der Waals surface area contributed by atoms with E-state index in [1.165, 1.54) is 16.0 Å². The van der Waals surface area contributed by atoms with Crippen LogP contribution >= 0.6 is 0 Å². The van der Waals surface area contributed by atoms with Gasteiger partial charge < -0.3 is 19.3 Å². The molecule has 0 bridgehead atoms. The third-order valence-corrected chi connectivity index (χ3v) is 7.46. The van der Waals surface area contributed by atoms with E-state index in [9.17, 15) is 19.6 Å². The van der Waals surface area contributed by atoms with Crippen LogP contribution in [0.4, 0.5) is 10.5 Å². The third-order valence-electron chi connectivity index (χ3n) is 7.46. The number of carbonyl (C=O) groups is 3. The lowest BCUT2D eigenvalue weighted by molar-refractivity contribution is -0.145. The first-order valence-corrected chi connectivity index (χ1v) is 14.7. The molecule has 230 valence electrons. The summed E-state index contributed by atoms with van der Waals surface area (Å²) in [4.78, 5) is 42.8. The van der Waals surface area contributed by atoms with E-state index >= 15 is 0 Å². The van der Waals surface area contributed by atoms with Crippen LogP contribution in [-0.4, -0.2) is 84.3 Å². The van der Waals surface area contributed by atoms with Gasteiger partial charge in [-0.05, 0) is 57.9 Å². The monoisotopic (exact) mass is 590 g/mol. The Labute approximate surface area is 253 Å². The van der Waals surface area contributed by atoms with Gasteiger partial charge in [0.15, 0.2) is 0 Å². The number of nitrogens with zero attached hydrogens (tertiary/aromatic N) is 5. The molecule has 0 unspecified atom stereocenters. The molecule has 0 fully saturated rings. The zero-order valence-electron chi connectivity index (χ0n) is 26.0. The fourth-order valence-electron chi connectivity index (χ4n) is 5.19. The van der Waals surface area contributed by atoms with Crippen molar-refractivity contribution in [2.75, 3.05) is 44.7 Å². The number of ether oxygens (including phenoxy) is 2. The maximum absolute atomic E-state index is 13.7. The van der Waals surface area contributed by atoms with Gasteiger partial charge >= 0.3 is 6.09 Å². The van der Waals surface area contributed by atoms with Crippen molar-refractivity contribution in [1.82, 2.24) is 20.2 Å². The second-order valence-corrected chi connectivity index (χ2v) is 12.1. The Morgan fingerprint density at radius 1 is 1.05 bits per heavy atom. The minimum Gasteiger partial charge on any atom is -0.491 e. The van der Waals surface area contributed by atoms with Crippen molar-refractivity contribution in [2.24, 2.45) is 0 Å². The number of rotatable bonds is 10. The highest BCUT2D eigenvalue weighted by Gasteiger charge is 2.30. The number of hydrogen-bond acceptors (Lipinski definition) is 8. The fraction of sp³-hybridized carbons (Fsp3) is 0.500. The molecule has 1 N–H and O–H groups in total. The number of carbonyl (C=O) groups excluding carboxylic acids is 3. The summed E-state index contributed by atoms with van der Waals surface area (Å²) in [6.07, 6.45) is 0.160. The Balaban J connectivity index is 1.46. The van der Waals surface area contributed by atoms with Crippen molar-refractivity contribution in [3.05, 3.63) is 58.7 Å². The van der Waals surface area contributed by atoms with Crippen LogP contribution in [0.2, 0.25) is 0 Å². The van der Waals surface area contributed by atoms with Crippen LogP contribution in [-0.2, 0) is 33.8 Å². The van der Waals surface area contributed by atoms with Gasteiger partial charge in [-0.3, -0.25) is 19.9 Å². The molecule has 2 aromatic rings. The van der Waals surface area contributed by atoms with Gasteiger partial charge in [-0.15, -0.1) is 0 Å². The molecule has 0 aromatic heterocycles. The molecular weight excluding hydrogens is 548 g/mol. The van der Waals surface area contributed by atoms with E-state index in [-0.39, 0.29) is 44.0 Å². The van der Waals surface area contributed by atoms with Gasteiger partial charge in [0.1, 0.15) is 11.4 Å². The molecular formula is C32H42N6O5. The van der Waals surface area contributed by atoms with Gasteiger partial charge in [-0.25, -0.2) is 9.80 Å². The van der Waals surface area contributed by atoms with Crippen molar-refractivity contribution < 1.29 is 23.9 Å². The minimum atomic E-state index is -0.670. The molecule has 2 aliphatic heterocycles. The predicted molar refractivity (Wildman–Crippen MR) is 162 cm³/mol. The van der Waals surface area contributed by atoms with Gasteiger partial charge in [0, 0.05) is 51.3 Å². The lowest BCUT2D eigenvalue weighted by atomic mass is 10.1. The zero-order valence-corrected chi connectivity index (χ0v) is 26.0. The summed E-state index contributed by atoms with van der Waals surface area (Å²) in [6.45, 7) is 11.1. The summed E-state index contributed by atoms with van der Waals surface area (Å²) in [6, 6.07) is 13.5. The summed E-state index contributed by atoms with van der Waals surface area (Å²) < 4.78 is 11.5. The van der Waals surface area contributed by atoms with Gasteiger partial charge in [-0.2, -0.15) is 5.26 Å². The quantitative estimate of drug-likeness (QED) is 0.447. The number of likely N-dealkylation sites (N-methyl/N-ethyl adjacent to an activating group) is 1. The molecule has 0 radical (unpaired) electrons. The highest BCUT2D eigenvalue weighted by atomic mass is 16.6. The van der Waals surface area contributed by atoms with Crippen molar-refractivity contribution in [3.63, 3.8) is 0 Å². The zero-order chi connectivity index (χ0) is 31.3. The molecule has 0 atom stereocenters. The normalized spacial score (nSPS) is 14.0. The Morgan fingerprint density at radius 3 is 2.30 bits per heavy atom. The highest BCUT2D eigenvalue weighted by Crippen LogP contribution is 2.37. The molecule has 0 spiro atoms. The van der Waals surface area contributed by atoms with Crippen LogP contribution in [0.3, 0.4) is 0 Å². The largest absolute Gasteiger partial charge is 0.491 e. The molecule has 11 heteroatoms. The lowest BCUT2D eigenvalue weighted by Gasteiger charge is -2.33. The van der Waals surface area contributed by atoms with Crippen molar-refractivity contribution in [1.29, 1.82) is 5.26 Å². The topological polar surface area (TPSA) is 118 Å². The summed E-state index contributed by atoms with van der Waals surface area (Å²) in [5.74, 6) is 0.0774. The number of amides is 3. The summed E-state index contributed by atoms with van der Waals surface area (Å²) >= 11 is 0. The van der Waals surface area contributed by atoms with Crippen LogP contribution in [0.5, 0.6) is 5.75 Å². The van der Waals surface area contributed by atoms with E-state index in [0.717, 1.165) is 5.56 Å². The number of benzene rings is 2. The van der Waals surface area contributed by atoms with Crippen molar-refractivity contribution in [3.8, 4) is 11.8 Å². The first kappa shape index (κ1) is 31.8. The predicted octanol–water partition coefficient (Wildman–Crippen LogP) is 3.45. The number of anilines is 1. The summed E-state index contributed by atoms with van der Waals surface area (Å²) in [5.41, 5.74) is 3.47. The minimum absolute atomic E-state index is 0.0359. The van der Waals surface area contributed by atoms with Crippen LogP contribution < -0.4 is 15.0 Å². The van der Waals surface area contributed by atoms with Crippen LogP contribution in [0.15, 0.2) is 36.4 Å². The van der Waals surface area contributed by atoms with Gasteiger partial charge in [0.25, 0.3) is 5.91 Å². The van der Waals surface area contributed by atoms with Crippen molar-refractivity contribution >= 4 is 23.6 Å². The third kappa shape index (κ3) is 7.83. The molecule has 0 saturated heterocycles. The molecule has 4 rings (SSSR count). The molecule has 43 heavy (non-hydrogen) atoms. The average Bonchev–Trinajstić information content (AvgIpc) is 3.60. The highest BCUT2D eigenvalue weighted by molar-refractivity contribution is 5.97. The van der Waals surface area contributed by atoms with Gasteiger partial charge in [-0.1, -0.05) is 24.3 Å². The Kier molecular flexibility index (Phi) is 9.94. The van der Waals surface area contributed by atoms with Crippen LogP contribution in [0.25, 0.3) is 0 Å².